The van der Waals surface area contributed by atoms with E-state index in [0.29, 0.717) is 54.5 Å². The first-order valence-corrected chi connectivity index (χ1v) is 11.3. The Labute approximate surface area is 174 Å². The highest BCUT2D eigenvalue weighted by molar-refractivity contribution is 7.88. The molecule has 1 saturated heterocycles. The highest BCUT2D eigenvalue weighted by Gasteiger charge is 2.27. The van der Waals surface area contributed by atoms with Crippen molar-refractivity contribution in [1.29, 1.82) is 0 Å². The van der Waals surface area contributed by atoms with Gasteiger partial charge in [-0.15, -0.1) is 0 Å². The molecule has 0 bridgehead atoms. The van der Waals surface area contributed by atoms with E-state index in [1.807, 2.05) is 30.3 Å². The van der Waals surface area contributed by atoms with Gasteiger partial charge >= 0.3 is 0 Å². The minimum atomic E-state index is -3.35. The van der Waals surface area contributed by atoms with Crippen LogP contribution in [0, 0.1) is 0 Å². The maximum absolute atomic E-state index is 12.7. The maximum atomic E-state index is 12.7. The molecule has 0 spiro atoms. The fraction of sp³-hybridized carbons (Fsp3) is 0.300. The van der Waals surface area contributed by atoms with E-state index in [4.69, 9.17) is 11.6 Å². The first-order chi connectivity index (χ1) is 13.9. The monoisotopic (exact) mass is 432 g/mol. The van der Waals surface area contributed by atoms with Crippen molar-refractivity contribution in [2.24, 2.45) is 0 Å². The molecule has 0 amide bonds. The fourth-order valence-corrected chi connectivity index (χ4v) is 5.18. The van der Waals surface area contributed by atoms with Crippen LogP contribution in [0.25, 0.3) is 10.9 Å². The van der Waals surface area contributed by atoms with E-state index in [2.05, 4.69) is 14.9 Å². The minimum absolute atomic E-state index is 0.00987. The zero-order valence-corrected chi connectivity index (χ0v) is 17.3. The van der Waals surface area contributed by atoms with Crippen LogP contribution in [-0.4, -0.2) is 53.8 Å². The smallest absolute Gasteiger partial charge is 0.258 e. The summed E-state index contributed by atoms with van der Waals surface area (Å²) in [4.78, 5) is 21.7. The molecule has 0 aliphatic carbocycles. The van der Waals surface area contributed by atoms with Gasteiger partial charge in [0, 0.05) is 31.2 Å². The number of sulfonamides is 1. The first-order valence-electron chi connectivity index (χ1n) is 9.33. The van der Waals surface area contributed by atoms with Gasteiger partial charge in [0.05, 0.1) is 23.2 Å². The number of aromatic amines is 1. The Hall–Kier alpha value is -2.26. The summed E-state index contributed by atoms with van der Waals surface area (Å²) >= 11 is 5.95. The van der Waals surface area contributed by atoms with Crippen molar-refractivity contribution in [3.05, 3.63) is 75.3 Å². The van der Waals surface area contributed by atoms with E-state index in [-0.39, 0.29) is 11.3 Å². The van der Waals surface area contributed by atoms with Crippen molar-refractivity contribution in [3.8, 4) is 0 Å². The van der Waals surface area contributed by atoms with Gasteiger partial charge in [-0.1, -0.05) is 41.9 Å². The second kappa shape index (κ2) is 8.23. The van der Waals surface area contributed by atoms with Gasteiger partial charge in [-0.2, -0.15) is 4.31 Å². The van der Waals surface area contributed by atoms with Gasteiger partial charge in [-0.25, -0.2) is 13.4 Å². The van der Waals surface area contributed by atoms with Crippen molar-refractivity contribution in [2.75, 3.05) is 26.2 Å². The number of halogens is 1. The molecule has 1 fully saturated rings. The lowest BCUT2D eigenvalue weighted by molar-refractivity contribution is 0.178. The number of fused-ring (bicyclic) bond motifs is 1. The van der Waals surface area contributed by atoms with Crippen LogP contribution in [-0.2, 0) is 22.3 Å². The van der Waals surface area contributed by atoms with Crippen LogP contribution in [0.3, 0.4) is 0 Å². The predicted molar refractivity (Wildman–Crippen MR) is 113 cm³/mol. The summed E-state index contributed by atoms with van der Waals surface area (Å²) in [7, 11) is -3.35. The zero-order valence-electron chi connectivity index (χ0n) is 15.7. The summed E-state index contributed by atoms with van der Waals surface area (Å²) in [5.74, 6) is 0.570. The molecule has 152 valence electrons. The third-order valence-corrected chi connectivity index (χ3v) is 7.09. The summed E-state index contributed by atoms with van der Waals surface area (Å²) in [5.41, 5.74) is 1.15. The lowest BCUT2D eigenvalue weighted by Gasteiger charge is -2.33. The van der Waals surface area contributed by atoms with Crippen LogP contribution in [0.5, 0.6) is 0 Å². The third-order valence-electron chi connectivity index (χ3n) is 5.01. The Balaban J connectivity index is 1.40. The number of hydrogen-bond donors (Lipinski definition) is 1. The number of aromatic nitrogens is 2. The lowest BCUT2D eigenvalue weighted by atomic mass is 10.2. The van der Waals surface area contributed by atoms with E-state index in [1.165, 1.54) is 4.31 Å². The molecular weight excluding hydrogens is 412 g/mol. The van der Waals surface area contributed by atoms with Gasteiger partial charge in [0.2, 0.25) is 10.0 Å². The number of H-pyrrole nitrogens is 1. The minimum Gasteiger partial charge on any atom is -0.309 e. The summed E-state index contributed by atoms with van der Waals surface area (Å²) in [6.45, 7) is 2.46. The van der Waals surface area contributed by atoms with Gasteiger partial charge in [0.1, 0.15) is 5.82 Å². The molecule has 1 aliphatic heterocycles. The van der Waals surface area contributed by atoms with E-state index in [9.17, 15) is 13.2 Å². The van der Waals surface area contributed by atoms with Gasteiger partial charge in [-0.05, 0) is 23.8 Å². The summed E-state index contributed by atoms with van der Waals surface area (Å²) < 4.78 is 26.9. The second-order valence-electron chi connectivity index (χ2n) is 7.09. The SMILES string of the molecule is O=c1[nH]c(CN2CCN(S(=O)(=O)Cc3ccccc3)CC2)nc2ccc(Cl)cc12. The van der Waals surface area contributed by atoms with E-state index < -0.39 is 10.0 Å². The Kier molecular flexibility index (Phi) is 5.69. The second-order valence-corrected chi connectivity index (χ2v) is 9.50. The lowest BCUT2D eigenvalue weighted by Crippen LogP contribution is -2.48. The molecule has 0 saturated carbocycles. The first kappa shape index (κ1) is 20.0. The van der Waals surface area contributed by atoms with Crippen LogP contribution in [0.1, 0.15) is 11.4 Å². The molecule has 0 atom stereocenters. The molecule has 0 unspecified atom stereocenters. The highest BCUT2D eigenvalue weighted by atomic mass is 35.5. The Morgan fingerprint density at radius 1 is 1.03 bits per heavy atom. The number of benzene rings is 2. The van der Waals surface area contributed by atoms with Gasteiger partial charge in [0.25, 0.3) is 5.56 Å². The topological polar surface area (TPSA) is 86.4 Å². The van der Waals surface area contributed by atoms with E-state index >= 15 is 0 Å². The van der Waals surface area contributed by atoms with Crippen molar-refractivity contribution in [1.82, 2.24) is 19.2 Å². The standard InChI is InChI=1S/C20H21ClN4O3S/c21-16-6-7-18-17(12-16)20(26)23-19(22-18)13-24-8-10-25(11-9-24)29(27,28)14-15-4-2-1-3-5-15/h1-7,12H,8-11,13-14H2,(H,22,23,26). The Morgan fingerprint density at radius 2 is 1.76 bits per heavy atom. The summed E-state index contributed by atoms with van der Waals surface area (Å²) in [5, 5.41) is 0.948. The third kappa shape index (κ3) is 4.67. The largest absolute Gasteiger partial charge is 0.309 e. The quantitative estimate of drug-likeness (QED) is 0.668. The molecular formula is C20H21ClN4O3S. The molecule has 7 nitrogen and oxygen atoms in total. The molecule has 3 aromatic rings. The van der Waals surface area contributed by atoms with Crippen LogP contribution in [0.4, 0.5) is 0 Å². The Bertz CT molecular complexity index is 1170. The van der Waals surface area contributed by atoms with Gasteiger partial charge in [-0.3, -0.25) is 9.69 Å². The van der Waals surface area contributed by atoms with Crippen LogP contribution >= 0.6 is 11.6 Å². The maximum Gasteiger partial charge on any atom is 0.258 e. The van der Waals surface area contributed by atoms with Gasteiger partial charge in [0.15, 0.2) is 0 Å². The fourth-order valence-electron chi connectivity index (χ4n) is 3.49. The molecule has 2 heterocycles. The van der Waals surface area contributed by atoms with Crippen molar-refractivity contribution in [2.45, 2.75) is 12.3 Å². The zero-order chi connectivity index (χ0) is 20.4. The van der Waals surface area contributed by atoms with Crippen LogP contribution in [0.15, 0.2) is 53.3 Å². The highest BCUT2D eigenvalue weighted by Crippen LogP contribution is 2.16. The molecule has 1 aliphatic rings. The normalized spacial score (nSPS) is 16.3. The average molecular weight is 433 g/mol. The number of rotatable bonds is 5. The number of nitrogens with one attached hydrogen (secondary N) is 1. The summed E-state index contributed by atoms with van der Waals surface area (Å²) in [6.07, 6.45) is 0. The molecule has 9 heteroatoms. The van der Waals surface area contributed by atoms with Crippen molar-refractivity contribution < 1.29 is 8.42 Å². The summed E-state index contributed by atoms with van der Waals surface area (Å²) in [6, 6.07) is 14.2. The van der Waals surface area contributed by atoms with Gasteiger partial charge < -0.3 is 4.98 Å². The predicted octanol–water partition coefficient (Wildman–Crippen LogP) is 2.22. The Morgan fingerprint density at radius 3 is 2.48 bits per heavy atom. The van der Waals surface area contributed by atoms with Crippen LogP contribution < -0.4 is 5.56 Å². The van der Waals surface area contributed by atoms with E-state index in [0.717, 1.165) is 5.56 Å². The van der Waals surface area contributed by atoms with Crippen molar-refractivity contribution >= 4 is 32.5 Å². The number of piperazine rings is 1. The number of hydrogen-bond acceptors (Lipinski definition) is 5. The van der Waals surface area contributed by atoms with Crippen LogP contribution in [0.2, 0.25) is 5.02 Å². The molecule has 2 aromatic carbocycles. The number of nitrogens with zero attached hydrogens (tertiary/aromatic N) is 3. The van der Waals surface area contributed by atoms with Crippen molar-refractivity contribution in [3.63, 3.8) is 0 Å². The van der Waals surface area contributed by atoms with E-state index in [1.54, 1.807) is 18.2 Å². The molecule has 1 aromatic heterocycles. The molecule has 1 N–H and O–H groups in total. The molecule has 29 heavy (non-hydrogen) atoms. The molecule has 0 radical (unpaired) electrons. The molecule has 4 rings (SSSR count). The average Bonchev–Trinajstić information content (AvgIpc) is 2.69.